The van der Waals surface area contributed by atoms with Gasteiger partial charge in [-0.1, -0.05) is 18.6 Å². The first-order valence-electron chi connectivity index (χ1n) is 12.0. The van der Waals surface area contributed by atoms with Crippen molar-refractivity contribution in [2.75, 3.05) is 47.6 Å². The number of halogens is 1. The van der Waals surface area contributed by atoms with E-state index < -0.39 is 5.82 Å². The lowest BCUT2D eigenvalue weighted by atomic mass is 10.1. The molecule has 2 amide bonds. The van der Waals surface area contributed by atoms with Crippen LogP contribution >= 0.6 is 11.3 Å². The molecule has 1 fully saturated rings. The van der Waals surface area contributed by atoms with E-state index >= 15 is 0 Å². The Labute approximate surface area is 213 Å². The van der Waals surface area contributed by atoms with Crippen LogP contribution in [0.5, 0.6) is 0 Å². The number of aromatic nitrogens is 1. The number of anilines is 4. The standard InChI is InChI=1S/C26H30FN5O3S/c27-19-8-11-22(21(28)16-19)29-24(33)4-2-1-3-5-25(34)31-26-30-23(17-36-26)18-6-9-20(10-7-18)32-12-14-35-15-13-32/h6-11,16-17H,1-5,12-15,28H2,(H,29,33)(H,30,31,34). The second-order valence-corrected chi connectivity index (χ2v) is 9.43. The van der Waals surface area contributed by atoms with Gasteiger partial charge in [0.15, 0.2) is 5.13 Å². The van der Waals surface area contributed by atoms with Crippen LogP contribution in [0.25, 0.3) is 11.3 Å². The minimum Gasteiger partial charge on any atom is -0.397 e. The van der Waals surface area contributed by atoms with Crippen molar-refractivity contribution in [3.05, 3.63) is 53.7 Å². The Kier molecular flexibility index (Phi) is 8.85. The molecule has 0 atom stereocenters. The second kappa shape index (κ2) is 12.5. The monoisotopic (exact) mass is 511 g/mol. The Morgan fingerprint density at radius 1 is 1.00 bits per heavy atom. The SMILES string of the molecule is Nc1cc(F)ccc1NC(=O)CCCCCC(=O)Nc1nc(-c2ccc(N3CCOCC3)cc2)cs1. The summed E-state index contributed by atoms with van der Waals surface area (Å²) in [6, 6.07) is 12.1. The fourth-order valence-electron chi connectivity index (χ4n) is 3.92. The van der Waals surface area contributed by atoms with Crippen LogP contribution in [0.1, 0.15) is 32.1 Å². The summed E-state index contributed by atoms with van der Waals surface area (Å²) in [5.74, 6) is -0.732. The van der Waals surface area contributed by atoms with Crippen molar-refractivity contribution in [3.63, 3.8) is 0 Å². The van der Waals surface area contributed by atoms with Crippen LogP contribution in [0.2, 0.25) is 0 Å². The van der Waals surface area contributed by atoms with Gasteiger partial charge in [0.2, 0.25) is 11.8 Å². The predicted octanol–water partition coefficient (Wildman–Crippen LogP) is 4.90. The lowest BCUT2D eigenvalue weighted by Gasteiger charge is -2.28. The van der Waals surface area contributed by atoms with E-state index in [1.54, 1.807) is 0 Å². The highest BCUT2D eigenvalue weighted by molar-refractivity contribution is 7.14. The van der Waals surface area contributed by atoms with Gasteiger partial charge in [0.25, 0.3) is 0 Å². The zero-order chi connectivity index (χ0) is 25.3. The molecule has 190 valence electrons. The Hall–Kier alpha value is -3.50. The number of ether oxygens (including phenoxy) is 1. The van der Waals surface area contributed by atoms with Crippen LogP contribution < -0.4 is 21.3 Å². The second-order valence-electron chi connectivity index (χ2n) is 8.57. The van der Waals surface area contributed by atoms with Gasteiger partial charge in [0.1, 0.15) is 5.82 Å². The van der Waals surface area contributed by atoms with Gasteiger partial charge in [-0.05, 0) is 43.2 Å². The van der Waals surface area contributed by atoms with Gasteiger partial charge < -0.3 is 26.0 Å². The number of nitrogens with two attached hydrogens (primary N) is 1. The highest BCUT2D eigenvalue weighted by Crippen LogP contribution is 2.27. The van der Waals surface area contributed by atoms with E-state index in [1.807, 2.05) is 17.5 Å². The summed E-state index contributed by atoms with van der Waals surface area (Å²) in [6.45, 7) is 3.29. The van der Waals surface area contributed by atoms with E-state index in [4.69, 9.17) is 10.5 Å². The third-order valence-corrected chi connectivity index (χ3v) is 6.64. The number of carbonyl (C=O) groups is 2. The molecule has 2 aromatic carbocycles. The number of unbranched alkanes of at least 4 members (excludes halogenated alkanes) is 2. The number of hydrogen-bond acceptors (Lipinski definition) is 7. The van der Waals surface area contributed by atoms with Gasteiger partial charge in [-0.25, -0.2) is 9.37 Å². The third kappa shape index (κ3) is 7.25. The molecule has 4 N–H and O–H groups in total. The first-order valence-corrected chi connectivity index (χ1v) is 12.9. The highest BCUT2D eigenvalue weighted by Gasteiger charge is 2.13. The Morgan fingerprint density at radius 2 is 1.69 bits per heavy atom. The van der Waals surface area contributed by atoms with Gasteiger partial charge in [0, 0.05) is 42.6 Å². The number of rotatable bonds is 10. The van der Waals surface area contributed by atoms with Crippen molar-refractivity contribution in [2.45, 2.75) is 32.1 Å². The molecule has 4 rings (SSSR count). The Bertz CT molecular complexity index is 1180. The minimum absolute atomic E-state index is 0.0953. The van der Waals surface area contributed by atoms with Crippen molar-refractivity contribution < 1.29 is 18.7 Å². The number of carbonyl (C=O) groups excluding carboxylic acids is 2. The van der Waals surface area contributed by atoms with Gasteiger partial charge in [-0.2, -0.15) is 0 Å². The van der Waals surface area contributed by atoms with E-state index in [9.17, 15) is 14.0 Å². The quantitative estimate of drug-likeness (QED) is 0.264. The first-order chi connectivity index (χ1) is 17.5. The summed E-state index contributed by atoms with van der Waals surface area (Å²) < 4.78 is 18.5. The van der Waals surface area contributed by atoms with Crippen LogP contribution in [0, 0.1) is 5.82 Å². The summed E-state index contributed by atoms with van der Waals surface area (Å²) >= 11 is 1.40. The molecule has 1 aromatic heterocycles. The molecule has 0 unspecified atom stereocenters. The number of nitrogens with zero attached hydrogens (tertiary/aromatic N) is 2. The molecule has 0 saturated carbocycles. The Morgan fingerprint density at radius 3 is 2.39 bits per heavy atom. The molecule has 1 saturated heterocycles. The van der Waals surface area contributed by atoms with Gasteiger partial charge in [-0.15, -0.1) is 11.3 Å². The lowest BCUT2D eigenvalue weighted by molar-refractivity contribution is -0.116. The Balaban J connectivity index is 1.15. The van der Waals surface area contributed by atoms with Crippen molar-refractivity contribution in [1.82, 2.24) is 4.98 Å². The molecule has 10 heteroatoms. The maximum atomic E-state index is 13.1. The molecular weight excluding hydrogens is 481 g/mol. The summed E-state index contributed by atoms with van der Waals surface area (Å²) in [7, 11) is 0. The van der Waals surface area contributed by atoms with E-state index in [-0.39, 0.29) is 17.5 Å². The van der Waals surface area contributed by atoms with Gasteiger partial charge >= 0.3 is 0 Å². The van der Waals surface area contributed by atoms with Crippen LogP contribution in [0.3, 0.4) is 0 Å². The molecule has 2 heterocycles. The number of morpholine rings is 1. The molecule has 8 nitrogen and oxygen atoms in total. The largest absolute Gasteiger partial charge is 0.397 e. The fraction of sp³-hybridized carbons (Fsp3) is 0.346. The zero-order valence-electron chi connectivity index (χ0n) is 20.0. The number of thiazole rings is 1. The van der Waals surface area contributed by atoms with Crippen LogP contribution in [-0.2, 0) is 14.3 Å². The van der Waals surface area contributed by atoms with E-state index in [1.165, 1.54) is 35.2 Å². The van der Waals surface area contributed by atoms with E-state index in [2.05, 4.69) is 32.7 Å². The average molecular weight is 512 g/mol. The fourth-order valence-corrected chi connectivity index (χ4v) is 4.65. The van der Waals surface area contributed by atoms with Crippen molar-refractivity contribution in [2.24, 2.45) is 0 Å². The van der Waals surface area contributed by atoms with Crippen LogP contribution in [-0.4, -0.2) is 43.1 Å². The molecule has 36 heavy (non-hydrogen) atoms. The number of hydrogen-bond donors (Lipinski definition) is 3. The molecule has 0 bridgehead atoms. The van der Waals surface area contributed by atoms with Gasteiger partial charge in [0.05, 0.1) is 30.3 Å². The van der Waals surface area contributed by atoms with E-state index in [0.717, 1.165) is 44.0 Å². The molecule has 3 aromatic rings. The summed E-state index contributed by atoms with van der Waals surface area (Å²) in [4.78, 5) is 31.2. The predicted molar refractivity (Wildman–Crippen MR) is 142 cm³/mol. The van der Waals surface area contributed by atoms with Crippen molar-refractivity contribution >= 4 is 45.3 Å². The van der Waals surface area contributed by atoms with Crippen LogP contribution in [0.4, 0.5) is 26.6 Å². The molecule has 1 aliphatic heterocycles. The molecular formula is C26H30FN5O3S. The lowest BCUT2D eigenvalue weighted by Crippen LogP contribution is -2.36. The van der Waals surface area contributed by atoms with Crippen molar-refractivity contribution in [1.29, 1.82) is 0 Å². The molecule has 0 spiro atoms. The van der Waals surface area contributed by atoms with E-state index in [0.29, 0.717) is 36.5 Å². The highest BCUT2D eigenvalue weighted by atomic mass is 32.1. The average Bonchev–Trinajstić information content (AvgIpc) is 3.34. The summed E-state index contributed by atoms with van der Waals surface area (Å²) in [5.41, 5.74) is 9.30. The number of nitrogens with one attached hydrogen (secondary N) is 2. The number of nitrogen functional groups attached to an aromatic ring is 1. The minimum atomic E-state index is -0.448. The first kappa shape index (κ1) is 25.6. The molecule has 0 radical (unpaired) electrons. The topological polar surface area (TPSA) is 110 Å². The molecule has 1 aliphatic rings. The smallest absolute Gasteiger partial charge is 0.226 e. The maximum Gasteiger partial charge on any atom is 0.226 e. The third-order valence-electron chi connectivity index (χ3n) is 5.89. The zero-order valence-corrected chi connectivity index (χ0v) is 20.8. The van der Waals surface area contributed by atoms with Gasteiger partial charge in [-0.3, -0.25) is 9.59 Å². The number of amides is 2. The van der Waals surface area contributed by atoms with Crippen molar-refractivity contribution in [3.8, 4) is 11.3 Å². The normalized spacial score (nSPS) is 13.4. The van der Waals surface area contributed by atoms with Crippen LogP contribution in [0.15, 0.2) is 47.8 Å². The summed E-state index contributed by atoms with van der Waals surface area (Å²) in [5, 5.41) is 8.05. The number of benzene rings is 2. The summed E-state index contributed by atoms with van der Waals surface area (Å²) in [6.07, 6.45) is 2.70. The maximum absolute atomic E-state index is 13.1. The molecule has 0 aliphatic carbocycles.